The first-order valence-corrected chi connectivity index (χ1v) is 6.00. The minimum atomic E-state index is 0.0297. The minimum absolute atomic E-state index is 0.0297. The van der Waals surface area contributed by atoms with Crippen molar-refractivity contribution in [1.82, 2.24) is 9.97 Å². The maximum Gasteiger partial charge on any atom is 0.128 e. The number of pyridine rings is 2. The van der Waals surface area contributed by atoms with Gasteiger partial charge in [0.1, 0.15) is 11.7 Å². The van der Waals surface area contributed by atoms with Crippen LogP contribution in [-0.2, 0) is 6.54 Å². The highest BCUT2D eigenvalue weighted by Gasteiger charge is 2.05. The molecule has 5 nitrogen and oxygen atoms in total. The van der Waals surface area contributed by atoms with Gasteiger partial charge in [-0.25, -0.2) is 4.98 Å². The summed E-state index contributed by atoms with van der Waals surface area (Å²) in [5, 5.41) is 7.33. The Kier molecular flexibility index (Phi) is 3.75. The number of nitrogens with zero attached hydrogens (tertiary/aromatic N) is 3. The van der Waals surface area contributed by atoms with Crippen LogP contribution in [0.15, 0.2) is 36.5 Å². The average molecular weight is 255 g/mol. The predicted octanol–water partition coefficient (Wildman–Crippen LogP) is 1.71. The van der Waals surface area contributed by atoms with Crippen LogP contribution in [0.2, 0.25) is 0 Å². The van der Waals surface area contributed by atoms with E-state index in [4.69, 9.17) is 11.1 Å². The van der Waals surface area contributed by atoms with Crippen molar-refractivity contribution in [1.29, 1.82) is 5.41 Å². The van der Waals surface area contributed by atoms with E-state index < -0.39 is 0 Å². The fraction of sp³-hybridized carbons (Fsp3) is 0.214. The molecular formula is C14H17N5. The molecule has 98 valence electrons. The van der Waals surface area contributed by atoms with Crippen molar-refractivity contribution < 1.29 is 0 Å². The van der Waals surface area contributed by atoms with Gasteiger partial charge in [0.2, 0.25) is 0 Å². The largest absolute Gasteiger partial charge is 0.384 e. The summed E-state index contributed by atoms with van der Waals surface area (Å²) in [4.78, 5) is 10.8. The zero-order chi connectivity index (χ0) is 13.8. The molecule has 5 heteroatoms. The molecule has 0 fully saturated rings. The molecule has 0 unspecified atom stereocenters. The Labute approximate surface area is 112 Å². The van der Waals surface area contributed by atoms with Crippen molar-refractivity contribution in [2.24, 2.45) is 5.73 Å². The molecule has 0 aliphatic rings. The van der Waals surface area contributed by atoms with Crippen molar-refractivity contribution >= 4 is 11.7 Å². The van der Waals surface area contributed by atoms with Crippen LogP contribution >= 0.6 is 0 Å². The lowest BCUT2D eigenvalue weighted by Crippen LogP contribution is -2.19. The van der Waals surface area contributed by atoms with E-state index in [2.05, 4.69) is 9.97 Å². The van der Waals surface area contributed by atoms with E-state index in [-0.39, 0.29) is 5.84 Å². The molecule has 0 spiro atoms. The second-order valence-electron chi connectivity index (χ2n) is 4.45. The maximum absolute atomic E-state index is 7.33. The molecule has 0 atom stereocenters. The van der Waals surface area contributed by atoms with Gasteiger partial charge in [0.25, 0.3) is 0 Å². The molecule has 0 saturated carbocycles. The number of aromatic nitrogens is 2. The lowest BCUT2D eigenvalue weighted by atomic mass is 10.2. The van der Waals surface area contributed by atoms with Gasteiger partial charge in [-0.2, -0.15) is 0 Å². The Balaban J connectivity index is 2.11. The summed E-state index contributed by atoms with van der Waals surface area (Å²) in [6, 6.07) is 9.62. The standard InChI is InChI=1S/C14H17N5/c1-10-4-3-5-12(18-10)9-19(2)13-7-6-11(8-17-13)14(15)16/h3-8H,9H2,1-2H3,(H3,15,16). The van der Waals surface area contributed by atoms with E-state index in [0.29, 0.717) is 12.1 Å². The topological polar surface area (TPSA) is 78.9 Å². The lowest BCUT2D eigenvalue weighted by molar-refractivity contribution is 0.859. The Morgan fingerprint density at radius 1 is 1.32 bits per heavy atom. The maximum atomic E-state index is 7.33. The number of hydrogen-bond donors (Lipinski definition) is 2. The molecule has 3 N–H and O–H groups in total. The third-order valence-corrected chi connectivity index (χ3v) is 2.80. The molecule has 2 heterocycles. The van der Waals surface area contributed by atoms with Gasteiger partial charge in [0.05, 0.1) is 12.2 Å². The van der Waals surface area contributed by atoms with Crippen LogP contribution in [0.4, 0.5) is 5.82 Å². The van der Waals surface area contributed by atoms with Crippen LogP contribution in [0.1, 0.15) is 17.0 Å². The predicted molar refractivity (Wildman–Crippen MR) is 76.3 cm³/mol. The van der Waals surface area contributed by atoms with E-state index >= 15 is 0 Å². The average Bonchev–Trinajstić information content (AvgIpc) is 2.39. The summed E-state index contributed by atoms with van der Waals surface area (Å²) >= 11 is 0. The first kappa shape index (κ1) is 13.0. The Morgan fingerprint density at radius 2 is 2.11 bits per heavy atom. The molecule has 0 saturated heterocycles. The smallest absolute Gasteiger partial charge is 0.128 e. The molecule has 0 aliphatic carbocycles. The summed E-state index contributed by atoms with van der Waals surface area (Å²) in [6.45, 7) is 2.66. The summed E-state index contributed by atoms with van der Waals surface area (Å²) in [7, 11) is 1.96. The van der Waals surface area contributed by atoms with E-state index in [9.17, 15) is 0 Å². The van der Waals surface area contributed by atoms with Crippen LogP contribution in [0.3, 0.4) is 0 Å². The molecular weight excluding hydrogens is 238 g/mol. The number of hydrogen-bond acceptors (Lipinski definition) is 4. The molecule has 0 amide bonds. The van der Waals surface area contributed by atoms with E-state index in [1.165, 1.54) is 0 Å². The Bertz CT molecular complexity index is 577. The quantitative estimate of drug-likeness (QED) is 0.644. The minimum Gasteiger partial charge on any atom is -0.384 e. The van der Waals surface area contributed by atoms with Gasteiger partial charge in [0.15, 0.2) is 0 Å². The SMILES string of the molecule is Cc1cccc(CN(C)c2ccc(C(=N)N)cn2)n1. The second-order valence-corrected chi connectivity index (χ2v) is 4.45. The van der Waals surface area contributed by atoms with Crippen LogP contribution in [0, 0.1) is 12.3 Å². The molecule has 0 aliphatic heterocycles. The molecule has 2 aromatic heterocycles. The number of anilines is 1. The summed E-state index contributed by atoms with van der Waals surface area (Å²) in [5.74, 6) is 0.857. The molecule has 2 rings (SSSR count). The molecule has 0 aromatic carbocycles. The number of amidine groups is 1. The zero-order valence-corrected chi connectivity index (χ0v) is 11.1. The number of nitrogens with one attached hydrogen (secondary N) is 1. The first-order chi connectivity index (χ1) is 9.06. The summed E-state index contributed by atoms with van der Waals surface area (Å²) in [6.07, 6.45) is 1.61. The van der Waals surface area contributed by atoms with Crippen LogP contribution in [0.5, 0.6) is 0 Å². The number of nitrogens with two attached hydrogens (primary N) is 1. The van der Waals surface area contributed by atoms with Gasteiger partial charge in [-0.05, 0) is 31.2 Å². The monoisotopic (exact) mass is 255 g/mol. The van der Waals surface area contributed by atoms with Gasteiger partial charge >= 0.3 is 0 Å². The van der Waals surface area contributed by atoms with Gasteiger partial charge < -0.3 is 10.6 Å². The van der Waals surface area contributed by atoms with Crippen molar-refractivity contribution in [3.8, 4) is 0 Å². The molecule has 0 radical (unpaired) electrons. The van der Waals surface area contributed by atoms with Crippen molar-refractivity contribution in [2.75, 3.05) is 11.9 Å². The second kappa shape index (κ2) is 5.48. The summed E-state index contributed by atoms with van der Waals surface area (Å²) in [5.41, 5.74) is 8.04. The Hall–Kier alpha value is -2.43. The van der Waals surface area contributed by atoms with E-state index in [0.717, 1.165) is 17.2 Å². The highest BCUT2D eigenvalue weighted by Crippen LogP contribution is 2.12. The zero-order valence-electron chi connectivity index (χ0n) is 11.1. The molecule has 0 bridgehead atoms. The Morgan fingerprint density at radius 3 is 2.68 bits per heavy atom. The van der Waals surface area contributed by atoms with Gasteiger partial charge in [0, 0.05) is 24.5 Å². The number of aryl methyl sites for hydroxylation is 1. The van der Waals surface area contributed by atoms with Gasteiger partial charge in [-0.1, -0.05) is 6.07 Å². The summed E-state index contributed by atoms with van der Waals surface area (Å²) < 4.78 is 0. The van der Waals surface area contributed by atoms with Crippen molar-refractivity contribution in [2.45, 2.75) is 13.5 Å². The fourth-order valence-corrected chi connectivity index (χ4v) is 1.78. The van der Waals surface area contributed by atoms with Crippen LogP contribution in [0.25, 0.3) is 0 Å². The van der Waals surface area contributed by atoms with E-state index in [1.54, 1.807) is 12.3 Å². The van der Waals surface area contributed by atoms with Gasteiger partial charge in [-0.15, -0.1) is 0 Å². The molecule has 19 heavy (non-hydrogen) atoms. The van der Waals surface area contributed by atoms with E-state index in [1.807, 2.05) is 43.1 Å². The normalized spacial score (nSPS) is 10.2. The number of nitrogen functional groups attached to an aromatic ring is 1. The fourth-order valence-electron chi connectivity index (χ4n) is 1.78. The first-order valence-electron chi connectivity index (χ1n) is 6.00. The van der Waals surface area contributed by atoms with Crippen LogP contribution < -0.4 is 10.6 Å². The highest BCUT2D eigenvalue weighted by atomic mass is 15.2. The highest BCUT2D eigenvalue weighted by molar-refractivity contribution is 5.94. The van der Waals surface area contributed by atoms with Gasteiger partial charge in [-0.3, -0.25) is 10.4 Å². The number of rotatable bonds is 4. The lowest BCUT2D eigenvalue weighted by Gasteiger charge is -2.18. The third kappa shape index (κ3) is 3.28. The third-order valence-electron chi connectivity index (χ3n) is 2.80. The molecule has 2 aromatic rings. The van der Waals surface area contributed by atoms with Crippen molar-refractivity contribution in [3.63, 3.8) is 0 Å². The van der Waals surface area contributed by atoms with Crippen molar-refractivity contribution in [3.05, 3.63) is 53.5 Å². The van der Waals surface area contributed by atoms with Crippen LogP contribution in [-0.4, -0.2) is 22.9 Å².